The van der Waals surface area contributed by atoms with Crippen LogP contribution in [-0.2, 0) is 16.1 Å². The summed E-state index contributed by atoms with van der Waals surface area (Å²) in [5, 5.41) is 12.3. The van der Waals surface area contributed by atoms with Crippen LogP contribution in [-0.4, -0.2) is 48.5 Å². The number of thiazole rings is 1. The van der Waals surface area contributed by atoms with Crippen LogP contribution in [0.1, 0.15) is 15.2 Å². The number of carbonyl (C=O) groups excluding carboxylic acids is 1. The number of hydrogen-bond acceptors (Lipinski definition) is 7. The summed E-state index contributed by atoms with van der Waals surface area (Å²) in [4.78, 5) is 29.5. The van der Waals surface area contributed by atoms with Crippen LogP contribution in [0.15, 0.2) is 30.3 Å². The van der Waals surface area contributed by atoms with Crippen LogP contribution in [0.2, 0.25) is 0 Å². The second-order valence-corrected chi connectivity index (χ2v) is 6.24. The van der Waals surface area contributed by atoms with Gasteiger partial charge in [-0.3, -0.25) is 5.32 Å². The zero-order valence-corrected chi connectivity index (χ0v) is 14.1. The molecule has 0 radical (unpaired) electrons. The number of nitrogens with one attached hydrogen (secondary N) is 1. The molecule has 132 valence electrons. The van der Waals surface area contributed by atoms with Gasteiger partial charge in [-0.15, -0.1) is 0 Å². The lowest BCUT2D eigenvalue weighted by Gasteiger charge is -2.25. The third-order valence-electron chi connectivity index (χ3n) is 3.52. The smallest absolute Gasteiger partial charge is 0.413 e. The van der Waals surface area contributed by atoms with Crippen LogP contribution in [0.5, 0.6) is 0 Å². The van der Waals surface area contributed by atoms with Crippen molar-refractivity contribution in [2.45, 2.75) is 6.61 Å². The summed E-state index contributed by atoms with van der Waals surface area (Å²) in [6, 6.07) is 9.21. The number of anilines is 2. The molecule has 9 heteroatoms. The summed E-state index contributed by atoms with van der Waals surface area (Å²) < 4.78 is 10.4. The predicted octanol–water partition coefficient (Wildman–Crippen LogP) is 2.43. The fourth-order valence-corrected chi connectivity index (χ4v) is 3.20. The molecule has 0 aliphatic carbocycles. The molecule has 1 aliphatic heterocycles. The molecule has 2 heterocycles. The minimum atomic E-state index is -1.14. The third kappa shape index (κ3) is 4.46. The molecule has 2 aromatic rings. The first kappa shape index (κ1) is 17.2. The summed E-state index contributed by atoms with van der Waals surface area (Å²) in [5.41, 5.74) is 0.836. The van der Waals surface area contributed by atoms with Crippen LogP contribution in [0, 0.1) is 0 Å². The van der Waals surface area contributed by atoms with E-state index in [0.717, 1.165) is 16.9 Å². The Balaban J connectivity index is 1.66. The van der Waals surface area contributed by atoms with Crippen LogP contribution in [0.4, 0.5) is 15.7 Å². The van der Waals surface area contributed by atoms with Gasteiger partial charge < -0.3 is 19.5 Å². The third-order valence-corrected chi connectivity index (χ3v) is 4.63. The number of benzene rings is 1. The lowest BCUT2D eigenvalue weighted by atomic mass is 10.2. The quantitative estimate of drug-likeness (QED) is 0.841. The summed E-state index contributed by atoms with van der Waals surface area (Å²) in [6.07, 6.45) is -0.745. The molecule has 1 aliphatic rings. The highest BCUT2D eigenvalue weighted by atomic mass is 32.1. The molecule has 1 aromatic heterocycles. The van der Waals surface area contributed by atoms with E-state index in [1.54, 1.807) is 0 Å². The molecule has 8 nitrogen and oxygen atoms in total. The monoisotopic (exact) mass is 363 g/mol. The average molecular weight is 363 g/mol. The van der Waals surface area contributed by atoms with Crippen molar-refractivity contribution < 1.29 is 24.2 Å². The van der Waals surface area contributed by atoms with E-state index in [9.17, 15) is 14.7 Å². The summed E-state index contributed by atoms with van der Waals surface area (Å²) in [5.74, 6) is -1.15. The van der Waals surface area contributed by atoms with E-state index in [-0.39, 0.29) is 17.3 Å². The molecule has 1 amide bonds. The molecule has 1 fully saturated rings. The van der Waals surface area contributed by atoms with Crippen LogP contribution in [0.25, 0.3) is 0 Å². The number of nitrogens with zero attached hydrogens (tertiary/aromatic N) is 2. The van der Waals surface area contributed by atoms with Gasteiger partial charge in [0.15, 0.2) is 15.8 Å². The van der Waals surface area contributed by atoms with Gasteiger partial charge in [-0.25, -0.2) is 14.6 Å². The number of rotatable bonds is 5. The Morgan fingerprint density at radius 1 is 1.28 bits per heavy atom. The van der Waals surface area contributed by atoms with E-state index in [0.29, 0.717) is 31.4 Å². The number of aromatic carboxylic acids is 1. The number of amides is 1. The lowest BCUT2D eigenvalue weighted by Crippen LogP contribution is -2.36. The molecule has 0 unspecified atom stereocenters. The summed E-state index contributed by atoms with van der Waals surface area (Å²) in [7, 11) is 0. The van der Waals surface area contributed by atoms with Crippen molar-refractivity contribution in [2.75, 3.05) is 36.5 Å². The largest absolute Gasteiger partial charge is 0.477 e. The van der Waals surface area contributed by atoms with E-state index < -0.39 is 12.1 Å². The van der Waals surface area contributed by atoms with Gasteiger partial charge in [0.05, 0.1) is 13.2 Å². The first-order chi connectivity index (χ1) is 12.1. The minimum Gasteiger partial charge on any atom is -0.477 e. The van der Waals surface area contributed by atoms with Crippen LogP contribution < -0.4 is 10.2 Å². The van der Waals surface area contributed by atoms with Gasteiger partial charge in [0.2, 0.25) is 0 Å². The molecule has 3 rings (SSSR count). The SMILES string of the molecule is O=C(Nc1nc(N2CCOCC2)sc1C(=O)O)OCc1ccccc1. The van der Waals surface area contributed by atoms with Gasteiger partial charge in [-0.1, -0.05) is 41.7 Å². The normalized spacial score (nSPS) is 14.2. The maximum atomic E-state index is 12.0. The topological polar surface area (TPSA) is 101 Å². The van der Waals surface area contributed by atoms with Crippen molar-refractivity contribution in [1.29, 1.82) is 0 Å². The second kappa shape index (κ2) is 7.95. The van der Waals surface area contributed by atoms with E-state index in [2.05, 4.69) is 10.3 Å². The Morgan fingerprint density at radius 2 is 2.00 bits per heavy atom. The molecule has 1 aromatic carbocycles. The zero-order chi connectivity index (χ0) is 17.6. The highest BCUT2D eigenvalue weighted by Gasteiger charge is 2.23. The molecule has 2 N–H and O–H groups in total. The maximum absolute atomic E-state index is 12.0. The zero-order valence-electron chi connectivity index (χ0n) is 13.3. The number of aromatic nitrogens is 1. The van der Waals surface area contributed by atoms with Gasteiger partial charge in [-0.2, -0.15) is 0 Å². The van der Waals surface area contributed by atoms with Crippen molar-refractivity contribution in [2.24, 2.45) is 0 Å². The first-order valence-corrected chi connectivity index (χ1v) is 8.49. The maximum Gasteiger partial charge on any atom is 0.413 e. The van der Waals surface area contributed by atoms with Crippen molar-refractivity contribution in [3.63, 3.8) is 0 Å². The first-order valence-electron chi connectivity index (χ1n) is 7.68. The Hall–Kier alpha value is -2.65. The molecular weight excluding hydrogens is 346 g/mol. The molecule has 0 spiro atoms. The van der Waals surface area contributed by atoms with E-state index in [4.69, 9.17) is 9.47 Å². The Labute approximate surface area is 148 Å². The van der Waals surface area contributed by atoms with Crippen LogP contribution in [0.3, 0.4) is 0 Å². The van der Waals surface area contributed by atoms with Gasteiger partial charge in [-0.05, 0) is 5.56 Å². The Kier molecular flexibility index (Phi) is 5.46. The highest BCUT2D eigenvalue weighted by molar-refractivity contribution is 7.18. The molecule has 0 atom stereocenters. The minimum absolute atomic E-state index is 0.00273. The van der Waals surface area contributed by atoms with E-state index in [1.165, 1.54) is 0 Å². The lowest BCUT2D eigenvalue weighted by molar-refractivity contribution is 0.0703. The van der Waals surface area contributed by atoms with E-state index in [1.807, 2.05) is 35.2 Å². The second-order valence-electron chi connectivity index (χ2n) is 5.27. The fourth-order valence-electron chi connectivity index (χ4n) is 2.28. The Morgan fingerprint density at radius 3 is 2.68 bits per heavy atom. The average Bonchev–Trinajstić information content (AvgIpc) is 3.06. The van der Waals surface area contributed by atoms with Crippen LogP contribution >= 0.6 is 11.3 Å². The van der Waals surface area contributed by atoms with E-state index >= 15 is 0 Å². The molecular formula is C16H17N3O5S. The molecule has 0 saturated carbocycles. The highest BCUT2D eigenvalue weighted by Crippen LogP contribution is 2.30. The van der Waals surface area contributed by atoms with Crippen molar-refractivity contribution in [1.82, 2.24) is 4.98 Å². The number of carboxylic acids is 1. The molecule has 0 bridgehead atoms. The van der Waals surface area contributed by atoms with Crippen molar-refractivity contribution in [3.05, 3.63) is 40.8 Å². The van der Waals surface area contributed by atoms with Gasteiger partial charge in [0.1, 0.15) is 6.61 Å². The van der Waals surface area contributed by atoms with Gasteiger partial charge in [0.25, 0.3) is 0 Å². The molecule has 25 heavy (non-hydrogen) atoms. The Bertz CT molecular complexity index is 743. The van der Waals surface area contributed by atoms with Gasteiger partial charge >= 0.3 is 12.1 Å². The fraction of sp³-hybridized carbons (Fsp3) is 0.312. The predicted molar refractivity (Wildman–Crippen MR) is 92.4 cm³/mol. The molecule has 1 saturated heterocycles. The summed E-state index contributed by atoms with van der Waals surface area (Å²) in [6.45, 7) is 2.47. The number of carboxylic acid groups (broad SMARTS) is 1. The van der Waals surface area contributed by atoms with Crippen molar-refractivity contribution >= 4 is 34.3 Å². The number of ether oxygens (including phenoxy) is 2. The number of morpholine rings is 1. The number of carbonyl (C=O) groups is 2. The summed E-state index contributed by atoms with van der Waals surface area (Å²) >= 11 is 1.02. The van der Waals surface area contributed by atoms with Crippen molar-refractivity contribution in [3.8, 4) is 0 Å². The number of hydrogen-bond donors (Lipinski definition) is 2. The van der Waals surface area contributed by atoms with Gasteiger partial charge in [0, 0.05) is 13.1 Å². The standard InChI is InChI=1S/C16H17N3O5S/c20-14(21)12-13(17-15(25-12)19-6-8-23-9-7-19)18-16(22)24-10-11-4-2-1-3-5-11/h1-5H,6-10H2,(H,18,22)(H,20,21).